The first-order valence-electron chi connectivity index (χ1n) is 8.38. The highest BCUT2D eigenvalue weighted by Gasteiger charge is 2.60. The Hall–Kier alpha value is -1.51. The van der Waals surface area contributed by atoms with E-state index in [2.05, 4.69) is 13.8 Å². The number of allylic oxidation sites excluding steroid dienone is 4. The van der Waals surface area contributed by atoms with Crippen molar-refractivity contribution in [3.8, 4) is 0 Å². The quantitative estimate of drug-likeness (QED) is 0.690. The van der Waals surface area contributed by atoms with Crippen molar-refractivity contribution >= 4 is 17.3 Å². The lowest BCUT2D eigenvalue weighted by atomic mass is 9.48. The maximum Gasteiger partial charge on any atom is 0.178 e. The van der Waals surface area contributed by atoms with E-state index in [1.807, 2.05) is 6.08 Å². The van der Waals surface area contributed by atoms with E-state index in [4.69, 9.17) is 0 Å². The van der Waals surface area contributed by atoms with Gasteiger partial charge in [-0.1, -0.05) is 19.9 Å². The van der Waals surface area contributed by atoms with Crippen LogP contribution in [0.1, 0.15) is 46.0 Å². The molecule has 0 N–H and O–H groups in total. The highest BCUT2D eigenvalue weighted by Crippen LogP contribution is 2.62. The Morgan fingerprint density at radius 1 is 1.09 bits per heavy atom. The zero-order valence-electron chi connectivity index (χ0n) is 13.2. The molecule has 0 radical (unpaired) electrons. The van der Waals surface area contributed by atoms with Crippen LogP contribution in [0.2, 0.25) is 0 Å². The van der Waals surface area contributed by atoms with Crippen LogP contribution in [-0.4, -0.2) is 17.3 Å². The first-order valence-corrected chi connectivity index (χ1v) is 8.38. The van der Waals surface area contributed by atoms with E-state index in [9.17, 15) is 14.4 Å². The van der Waals surface area contributed by atoms with Gasteiger partial charge in [-0.15, -0.1) is 0 Å². The highest BCUT2D eigenvalue weighted by molar-refractivity contribution is 6.10. The molecule has 0 aromatic heterocycles. The molecule has 3 fully saturated rings. The summed E-state index contributed by atoms with van der Waals surface area (Å²) in [4.78, 5) is 36.7. The van der Waals surface area contributed by atoms with Crippen molar-refractivity contribution in [1.82, 2.24) is 0 Å². The van der Waals surface area contributed by atoms with Crippen LogP contribution in [0.5, 0.6) is 0 Å². The minimum absolute atomic E-state index is 0.0732. The summed E-state index contributed by atoms with van der Waals surface area (Å²) in [6.45, 7) is 4.22. The minimum Gasteiger partial charge on any atom is -0.299 e. The van der Waals surface area contributed by atoms with Crippen LogP contribution in [0, 0.1) is 28.6 Å². The smallest absolute Gasteiger partial charge is 0.178 e. The van der Waals surface area contributed by atoms with Crippen LogP contribution in [0.15, 0.2) is 23.8 Å². The molecule has 4 rings (SSSR count). The van der Waals surface area contributed by atoms with Crippen molar-refractivity contribution in [2.45, 2.75) is 46.0 Å². The fraction of sp³-hybridized carbons (Fsp3) is 0.632. The fourth-order valence-corrected chi connectivity index (χ4v) is 5.81. The summed E-state index contributed by atoms with van der Waals surface area (Å²) in [5, 5.41) is 0. The van der Waals surface area contributed by atoms with Gasteiger partial charge < -0.3 is 0 Å². The molecule has 0 aromatic carbocycles. The second kappa shape index (κ2) is 4.27. The third-order valence-electron chi connectivity index (χ3n) is 7.10. The number of Topliss-reactive ketones (excluding diaryl/α,β-unsaturated/α-hetero) is 2. The number of fused-ring (bicyclic) bond motifs is 5. The molecule has 0 amide bonds. The monoisotopic (exact) mass is 298 g/mol. The van der Waals surface area contributed by atoms with Gasteiger partial charge in [-0.25, -0.2) is 0 Å². The highest BCUT2D eigenvalue weighted by atomic mass is 16.1. The van der Waals surface area contributed by atoms with Gasteiger partial charge in [0.2, 0.25) is 0 Å². The molecule has 0 spiro atoms. The van der Waals surface area contributed by atoms with Crippen molar-refractivity contribution in [3.05, 3.63) is 23.8 Å². The Bertz CT molecular complexity index is 656. The molecule has 0 saturated heterocycles. The standard InChI is InChI=1S/C19H22O3/c1-18-7-5-11(20)9-15(18)16(21)10-12-13-3-4-17(22)19(13,2)8-6-14(12)18/h5,7,9,12-14H,3-4,6,8,10H2,1-2H3/t12-,13-,14-,18+,19-/m1/s1. The number of hydrogen-bond donors (Lipinski definition) is 0. The second-order valence-electron chi connectivity index (χ2n) is 8.00. The average Bonchev–Trinajstić information content (AvgIpc) is 2.77. The summed E-state index contributed by atoms with van der Waals surface area (Å²) in [5.41, 5.74) is 0.169. The second-order valence-corrected chi connectivity index (χ2v) is 8.00. The van der Waals surface area contributed by atoms with Gasteiger partial charge >= 0.3 is 0 Å². The van der Waals surface area contributed by atoms with Gasteiger partial charge in [0.05, 0.1) is 0 Å². The van der Waals surface area contributed by atoms with Crippen LogP contribution in [0.25, 0.3) is 0 Å². The molecule has 22 heavy (non-hydrogen) atoms. The van der Waals surface area contributed by atoms with Gasteiger partial charge in [0.15, 0.2) is 11.6 Å². The van der Waals surface area contributed by atoms with Gasteiger partial charge in [-0.05, 0) is 49.2 Å². The molecule has 0 heterocycles. The fourth-order valence-electron chi connectivity index (χ4n) is 5.81. The number of carbonyl (C=O) groups excluding carboxylic acids is 3. The van der Waals surface area contributed by atoms with Crippen LogP contribution < -0.4 is 0 Å². The molecule has 5 atom stereocenters. The molecule has 3 heteroatoms. The van der Waals surface area contributed by atoms with Gasteiger partial charge in [0.1, 0.15) is 5.78 Å². The van der Waals surface area contributed by atoms with E-state index < -0.39 is 0 Å². The molecular formula is C19H22O3. The molecule has 3 saturated carbocycles. The molecule has 3 nitrogen and oxygen atoms in total. The summed E-state index contributed by atoms with van der Waals surface area (Å²) >= 11 is 0. The van der Waals surface area contributed by atoms with Crippen molar-refractivity contribution in [3.63, 3.8) is 0 Å². The van der Waals surface area contributed by atoms with Crippen LogP contribution in [0.4, 0.5) is 0 Å². The molecule has 4 aliphatic carbocycles. The van der Waals surface area contributed by atoms with E-state index in [0.717, 1.165) is 19.3 Å². The molecule has 0 bridgehead atoms. The van der Waals surface area contributed by atoms with Crippen LogP contribution >= 0.6 is 0 Å². The summed E-state index contributed by atoms with van der Waals surface area (Å²) in [7, 11) is 0. The molecular weight excluding hydrogens is 276 g/mol. The number of carbonyl (C=O) groups is 3. The summed E-state index contributed by atoms with van der Waals surface area (Å²) < 4.78 is 0. The largest absolute Gasteiger partial charge is 0.299 e. The van der Waals surface area contributed by atoms with Crippen molar-refractivity contribution in [2.75, 3.05) is 0 Å². The lowest BCUT2D eigenvalue weighted by Gasteiger charge is -2.54. The van der Waals surface area contributed by atoms with E-state index in [0.29, 0.717) is 36.0 Å². The topological polar surface area (TPSA) is 51.2 Å². The number of ketones is 3. The van der Waals surface area contributed by atoms with Crippen molar-refractivity contribution in [2.24, 2.45) is 28.6 Å². The molecule has 0 aromatic rings. The Morgan fingerprint density at radius 2 is 1.86 bits per heavy atom. The Labute approximate surface area is 130 Å². The number of rotatable bonds is 0. The SMILES string of the molecule is C[C@@]12CC[C@@H]3[C@H](CC(=O)C4=CC(=O)C=C[C@]43C)[C@H]1CCC2=O. The number of hydrogen-bond acceptors (Lipinski definition) is 3. The molecule has 116 valence electrons. The third-order valence-corrected chi connectivity index (χ3v) is 7.10. The van der Waals surface area contributed by atoms with Gasteiger partial charge in [-0.3, -0.25) is 14.4 Å². The van der Waals surface area contributed by atoms with E-state index in [1.54, 1.807) is 12.2 Å². The van der Waals surface area contributed by atoms with E-state index >= 15 is 0 Å². The molecule has 0 aliphatic heterocycles. The van der Waals surface area contributed by atoms with E-state index in [1.165, 1.54) is 0 Å². The van der Waals surface area contributed by atoms with Crippen molar-refractivity contribution in [1.29, 1.82) is 0 Å². The normalized spacial score (nSPS) is 46.9. The van der Waals surface area contributed by atoms with Crippen molar-refractivity contribution < 1.29 is 14.4 Å². The van der Waals surface area contributed by atoms with Crippen LogP contribution in [-0.2, 0) is 14.4 Å². The zero-order valence-corrected chi connectivity index (χ0v) is 13.2. The molecule has 0 unspecified atom stereocenters. The van der Waals surface area contributed by atoms with Gasteiger partial charge in [-0.2, -0.15) is 0 Å². The minimum atomic E-state index is -0.319. The average molecular weight is 298 g/mol. The lowest BCUT2D eigenvalue weighted by Crippen LogP contribution is -2.52. The summed E-state index contributed by atoms with van der Waals surface area (Å²) in [5.74, 6) is 1.44. The predicted molar refractivity (Wildman–Crippen MR) is 82.0 cm³/mol. The zero-order chi connectivity index (χ0) is 15.7. The predicted octanol–water partition coefficient (Wildman–Crippen LogP) is 3.04. The maximum atomic E-state index is 12.7. The van der Waals surface area contributed by atoms with E-state index in [-0.39, 0.29) is 28.3 Å². The Kier molecular flexibility index (Phi) is 2.74. The lowest BCUT2D eigenvalue weighted by molar-refractivity contribution is -0.135. The third kappa shape index (κ3) is 1.60. The van der Waals surface area contributed by atoms with Gasteiger partial charge in [0.25, 0.3) is 0 Å². The first kappa shape index (κ1) is 14.1. The Balaban J connectivity index is 1.78. The van der Waals surface area contributed by atoms with Crippen LogP contribution in [0.3, 0.4) is 0 Å². The molecule has 4 aliphatic rings. The van der Waals surface area contributed by atoms with Gasteiger partial charge in [0, 0.05) is 29.2 Å². The Morgan fingerprint density at radius 3 is 2.64 bits per heavy atom. The summed E-state index contributed by atoms with van der Waals surface area (Å²) in [6, 6.07) is 0. The first-order chi connectivity index (χ1) is 10.4. The maximum absolute atomic E-state index is 12.7. The summed E-state index contributed by atoms with van der Waals surface area (Å²) in [6.07, 6.45) is 9.14.